The van der Waals surface area contributed by atoms with Gasteiger partial charge in [0.15, 0.2) is 0 Å². The summed E-state index contributed by atoms with van der Waals surface area (Å²) in [6, 6.07) is -1.37. The minimum atomic E-state index is -2.79. The highest BCUT2D eigenvalue weighted by Crippen LogP contribution is 2.44. The lowest BCUT2D eigenvalue weighted by Crippen LogP contribution is -2.63. The van der Waals surface area contributed by atoms with E-state index in [9.17, 15) is 13.6 Å². The fourth-order valence-corrected chi connectivity index (χ4v) is 2.34. The van der Waals surface area contributed by atoms with Crippen LogP contribution in [-0.2, 0) is 4.79 Å². The van der Waals surface area contributed by atoms with E-state index in [0.717, 1.165) is 0 Å². The Bertz CT molecular complexity index is 249. The van der Waals surface area contributed by atoms with Gasteiger partial charge in [-0.2, -0.15) is 0 Å². The molecule has 3 unspecified atom stereocenters. The molecule has 2 heterocycles. The third kappa shape index (κ3) is 1.70. The summed E-state index contributed by atoms with van der Waals surface area (Å²) in [6.45, 7) is 0. The molecule has 2 aliphatic heterocycles. The van der Waals surface area contributed by atoms with Crippen molar-refractivity contribution in [1.82, 2.24) is 5.32 Å². The first-order valence-corrected chi connectivity index (χ1v) is 4.37. The maximum atomic E-state index is 13.2. The fourth-order valence-electron chi connectivity index (χ4n) is 2.34. The molecule has 3 nitrogen and oxygen atoms in total. The van der Waals surface area contributed by atoms with Crippen molar-refractivity contribution in [2.75, 3.05) is 0 Å². The Kier molecular flexibility index (Phi) is 3.02. The number of alkyl halides is 2. The zero-order chi connectivity index (χ0) is 9.64. The van der Waals surface area contributed by atoms with E-state index in [0.29, 0.717) is 12.8 Å². The van der Waals surface area contributed by atoms with Gasteiger partial charge < -0.3 is 10.4 Å². The number of hydrogen-bond donors (Lipinski definition) is 2. The number of aliphatic carboxylic acids is 1. The molecule has 3 rings (SSSR count). The van der Waals surface area contributed by atoms with E-state index in [1.54, 1.807) is 0 Å². The SMILES string of the molecule is Cl.O=C(O)C1NC2CCC1C(F)(F)C2. The van der Waals surface area contributed by atoms with Gasteiger partial charge in [-0.25, -0.2) is 8.78 Å². The topological polar surface area (TPSA) is 49.3 Å². The summed E-state index contributed by atoms with van der Waals surface area (Å²) in [5.41, 5.74) is 0. The summed E-state index contributed by atoms with van der Waals surface area (Å²) in [6.07, 6.45) is 0.785. The molecule has 14 heavy (non-hydrogen) atoms. The molecule has 3 fully saturated rings. The molecule has 2 N–H and O–H groups in total. The maximum Gasteiger partial charge on any atom is 0.321 e. The first-order valence-electron chi connectivity index (χ1n) is 4.37. The Morgan fingerprint density at radius 3 is 2.43 bits per heavy atom. The number of carboxylic acid groups (broad SMARTS) is 1. The molecule has 0 aromatic carbocycles. The van der Waals surface area contributed by atoms with Crippen LogP contribution in [0, 0.1) is 5.92 Å². The number of nitrogens with one attached hydrogen (secondary N) is 1. The number of fused-ring (bicyclic) bond motifs is 3. The molecule has 3 atom stereocenters. The van der Waals surface area contributed by atoms with Crippen molar-refractivity contribution < 1.29 is 18.7 Å². The minimum absolute atomic E-state index is 0. The number of carbonyl (C=O) groups is 1. The monoisotopic (exact) mass is 227 g/mol. The molecule has 0 amide bonds. The Morgan fingerprint density at radius 2 is 2.07 bits per heavy atom. The largest absolute Gasteiger partial charge is 0.480 e. The highest BCUT2D eigenvalue weighted by molar-refractivity contribution is 5.85. The molecule has 2 bridgehead atoms. The fraction of sp³-hybridized carbons (Fsp3) is 0.875. The van der Waals surface area contributed by atoms with Crippen LogP contribution in [0.25, 0.3) is 0 Å². The first kappa shape index (κ1) is 11.7. The van der Waals surface area contributed by atoms with E-state index in [1.807, 2.05) is 0 Å². The zero-order valence-corrected chi connectivity index (χ0v) is 8.19. The van der Waals surface area contributed by atoms with Crippen LogP contribution in [0.1, 0.15) is 19.3 Å². The van der Waals surface area contributed by atoms with E-state index in [2.05, 4.69) is 5.32 Å². The summed E-state index contributed by atoms with van der Waals surface area (Å²) in [7, 11) is 0. The second-order valence-electron chi connectivity index (χ2n) is 3.83. The summed E-state index contributed by atoms with van der Waals surface area (Å²) < 4.78 is 26.4. The lowest BCUT2D eigenvalue weighted by molar-refractivity contribution is -0.165. The second-order valence-corrected chi connectivity index (χ2v) is 3.83. The van der Waals surface area contributed by atoms with Crippen molar-refractivity contribution in [1.29, 1.82) is 0 Å². The Labute approximate surface area is 86.3 Å². The van der Waals surface area contributed by atoms with Gasteiger partial charge in [-0.05, 0) is 12.8 Å². The standard InChI is InChI=1S/C8H11F2NO2.ClH/c9-8(10)3-4-1-2-5(8)6(11-4)7(12)13;/h4-6,11H,1-3H2,(H,12,13);1H. The van der Waals surface area contributed by atoms with E-state index < -0.39 is 23.9 Å². The van der Waals surface area contributed by atoms with Crippen LogP contribution in [0.2, 0.25) is 0 Å². The molecular weight excluding hydrogens is 216 g/mol. The molecule has 0 aromatic rings. The molecule has 1 saturated carbocycles. The smallest absolute Gasteiger partial charge is 0.321 e. The van der Waals surface area contributed by atoms with Gasteiger partial charge in [0.05, 0.1) is 0 Å². The summed E-state index contributed by atoms with van der Waals surface area (Å²) >= 11 is 0. The van der Waals surface area contributed by atoms with Crippen LogP contribution in [0.5, 0.6) is 0 Å². The molecule has 0 aromatic heterocycles. The van der Waals surface area contributed by atoms with E-state index in [4.69, 9.17) is 5.11 Å². The average Bonchev–Trinajstić information content (AvgIpc) is 2.02. The number of hydrogen-bond acceptors (Lipinski definition) is 2. The lowest BCUT2D eigenvalue weighted by Gasteiger charge is -2.46. The summed E-state index contributed by atoms with van der Waals surface area (Å²) in [5.74, 6) is -4.97. The molecule has 0 spiro atoms. The van der Waals surface area contributed by atoms with Crippen LogP contribution >= 0.6 is 12.4 Å². The Morgan fingerprint density at radius 1 is 1.43 bits per heavy atom. The normalized spacial score (nSPS) is 38.9. The van der Waals surface area contributed by atoms with E-state index >= 15 is 0 Å². The van der Waals surface area contributed by atoms with Crippen molar-refractivity contribution in [2.24, 2.45) is 5.92 Å². The second kappa shape index (κ2) is 3.62. The molecule has 1 aliphatic carbocycles. The maximum absolute atomic E-state index is 13.2. The van der Waals surface area contributed by atoms with Crippen LogP contribution in [0.3, 0.4) is 0 Å². The van der Waals surface area contributed by atoms with Gasteiger partial charge >= 0.3 is 5.97 Å². The average molecular weight is 228 g/mol. The van der Waals surface area contributed by atoms with Crippen molar-refractivity contribution in [2.45, 2.75) is 37.3 Å². The van der Waals surface area contributed by atoms with Crippen LogP contribution in [0.4, 0.5) is 8.78 Å². The van der Waals surface area contributed by atoms with Crippen LogP contribution in [-0.4, -0.2) is 29.1 Å². The minimum Gasteiger partial charge on any atom is -0.480 e. The van der Waals surface area contributed by atoms with Crippen molar-refractivity contribution in [3.05, 3.63) is 0 Å². The molecule has 0 radical (unpaired) electrons. The Hall–Kier alpha value is -0.420. The number of halogens is 3. The highest BCUT2D eigenvalue weighted by Gasteiger charge is 2.55. The molecule has 2 saturated heterocycles. The number of rotatable bonds is 1. The van der Waals surface area contributed by atoms with Gasteiger partial charge in [0.2, 0.25) is 0 Å². The van der Waals surface area contributed by atoms with Gasteiger partial charge in [-0.1, -0.05) is 0 Å². The van der Waals surface area contributed by atoms with Crippen molar-refractivity contribution in [3.8, 4) is 0 Å². The third-order valence-corrected chi connectivity index (χ3v) is 2.97. The quantitative estimate of drug-likeness (QED) is 0.709. The molecular formula is C8H12ClF2NO2. The number of piperidine rings is 2. The molecule has 3 aliphatic rings. The Balaban J connectivity index is 0.000000980. The van der Waals surface area contributed by atoms with Crippen molar-refractivity contribution in [3.63, 3.8) is 0 Å². The van der Waals surface area contributed by atoms with Gasteiger partial charge in [-0.15, -0.1) is 12.4 Å². The van der Waals surface area contributed by atoms with Crippen molar-refractivity contribution >= 4 is 18.4 Å². The van der Waals surface area contributed by atoms with Crippen LogP contribution in [0.15, 0.2) is 0 Å². The lowest BCUT2D eigenvalue weighted by atomic mass is 9.73. The third-order valence-electron chi connectivity index (χ3n) is 2.97. The molecule has 6 heteroatoms. The highest BCUT2D eigenvalue weighted by atomic mass is 35.5. The number of carboxylic acids is 1. The van der Waals surface area contributed by atoms with E-state index in [1.165, 1.54) is 0 Å². The summed E-state index contributed by atoms with van der Waals surface area (Å²) in [5, 5.41) is 11.4. The van der Waals surface area contributed by atoms with Gasteiger partial charge in [-0.3, -0.25) is 4.79 Å². The van der Waals surface area contributed by atoms with Crippen LogP contribution < -0.4 is 5.32 Å². The summed E-state index contributed by atoms with van der Waals surface area (Å²) in [4.78, 5) is 10.6. The molecule has 82 valence electrons. The predicted molar refractivity (Wildman–Crippen MR) is 47.9 cm³/mol. The first-order chi connectivity index (χ1) is 6.00. The van der Waals surface area contributed by atoms with Gasteiger partial charge in [0, 0.05) is 18.4 Å². The van der Waals surface area contributed by atoms with Gasteiger partial charge in [0.1, 0.15) is 6.04 Å². The predicted octanol–water partition coefficient (Wildman–Crippen LogP) is 1.27. The van der Waals surface area contributed by atoms with E-state index in [-0.39, 0.29) is 24.9 Å². The van der Waals surface area contributed by atoms with Gasteiger partial charge in [0.25, 0.3) is 5.92 Å². The zero-order valence-electron chi connectivity index (χ0n) is 7.37.